The average Bonchev–Trinajstić information content (AvgIpc) is 2.62. The quantitative estimate of drug-likeness (QED) is 0.247. The Labute approximate surface area is 168 Å². The fourth-order valence-corrected chi connectivity index (χ4v) is 1.47. The number of carbonyl (C=O) groups excluding carboxylic acids is 2. The number of unbranched alkanes of at least 4 members (excludes halogenated alkanes) is 1. The van der Waals surface area contributed by atoms with Crippen LogP contribution in [0.15, 0.2) is 35.5 Å². The van der Waals surface area contributed by atoms with E-state index in [1.807, 2.05) is 25.9 Å². The van der Waals surface area contributed by atoms with Crippen LogP contribution in [-0.2, 0) is 23.9 Å². The number of esters is 2. The minimum absolute atomic E-state index is 0.176. The molecule has 1 N–H and O–H groups in total. The Morgan fingerprint density at radius 2 is 1.32 bits per heavy atom. The van der Waals surface area contributed by atoms with Gasteiger partial charge in [0.05, 0.1) is 13.2 Å². The SMILES string of the molecule is C=C(C)C(=O)O.CCCCOC(=O)C(C)=CC=C(C)C(=O)OCCCN(C)C. The molecule has 0 saturated carbocycles. The van der Waals surface area contributed by atoms with E-state index in [-0.39, 0.29) is 17.5 Å². The highest BCUT2D eigenvalue weighted by molar-refractivity contribution is 5.90. The van der Waals surface area contributed by atoms with Gasteiger partial charge in [-0.2, -0.15) is 0 Å². The van der Waals surface area contributed by atoms with Gasteiger partial charge >= 0.3 is 17.9 Å². The number of aliphatic carboxylic acids is 1. The Hall–Kier alpha value is -2.41. The van der Waals surface area contributed by atoms with Crippen molar-refractivity contribution in [2.24, 2.45) is 0 Å². The van der Waals surface area contributed by atoms with Crippen molar-refractivity contribution in [3.05, 3.63) is 35.5 Å². The van der Waals surface area contributed by atoms with E-state index >= 15 is 0 Å². The molecule has 0 saturated heterocycles. The topological polar surface area (TPSA) is 93.1 Å². The molecule has 0 unspecified atom stereocenters. The third kappa shape index (κ3) is 17.0. The van der Waals surface area contributed by atoms with Gasteiger partial charge in [-0.25, -0.2) is 14.4 Å². The van der Waals surface area contributed by atoms with Gasteiger partial charge in [0.25, 0.3) is 0 Å². The normalized spacial score (nSPS) is 11.4. The van der Waals surface area contributed by atoms with E-state index in [4.69, 9.17) is 14.6 Å². The summed E-state index contributed by atoms with van der Waals surface area (Å²) in [6.45, 7) is 11.7. The molecule has 0 bridgehead atoms. The van der Waals surface area contributed by atoms with Crippen LogP contribution < -0.4 is 0 Å². The van der Waals surface area contributed by atoms with E-state index in [0.717, 1.165) is 25.8 Å². The molecule has 0 aromatic rings. The number of hydrogen-bond acceptors (Lipinski definition) is 6. The van der Waals surface area contributed by atoms with E-state index < -0.39 is 5.97 Å². The van der Waals surface area contributed by atoms with Crippen molar-refractivity contribution in [1.82, 2.24) is 4.90 Å². The van der Waals surface area contributed by atoms with Gasteiger partial charge in [-0.1, -0.05) is 32.1 Å². The molecule has 0 spiro atoms. The van der Waals surface area contributed by atoms with Gasteiger partial charge in [0.2, 0.25) is 0 Å². The molecule has 0 amide bonds. The van der Waals surface area contributed by atoms with E-state index in [2.05, 4.69) is 6.58 Å². The van der Waals surface area contributed by atoms with Gasteiger partial charge < -0.3 is 19.5 Å². The van der Waals surface area contributed by atoms with Gasteiger partial charge in [-0.15, -0.1) is 0 Å². The standard InChI is InChI=1S/C17H29NO4.C4H6O2/c1-6-7-12-21-16(19)14(2)9-10-15(3)17(20)22-13-8-11-18(4)5;1-3(2)4(5)6/h9-10H,6-8,11-13H2,1-5H3;1H2,2H3,(H,5,6). The first-order valence-corrected chi connectivity index (χ1v) is 9.25. The van der Waals surface area contributed by atoms with E-state index in [9.17, 15) is 14.4 Å². The number of nitrogens with zero attached hydrogens (tertiary/aromatic N) is 1. The molecule has 7 heteroatoms. The molecule has 0 heterocycles. The third-order valence-corrected chi connectivity index (χ3v) is 3.31. The van der Waals surface area contributed by atoms with Crippen molar-refractivity contribution < 1.29 is 29.0 Å². The smallest absolute Gasteiger partial charge is 0.333 e. The first-order valence-electron chi connectivity index (χ1n) is 9.25. The molecule has 0 aliphatic heterocycles. The number of ether oxygens (including phenoxy) is 2. The summed E-state index contributed by atoms with van der Waals surface area (Å²) in [6.07, 6.45) is 5.81. The summed E-state index contributed by atoms with van der Waals surface area (Å²) in [5.41, 5.74) is 1.11. The van der Waals surface area contributed by atoms with Crippen LogP contribution in [0.1, 0.15) is 47.0 Å². The van der Waals surface area contributed by atoms with Crippen LogP contribution in [0.4, 0.5) is 0 Å². The predicted molar refractivity (Wildman–Crippen MR) is 110 cm³/mol. The molecule has 0 aromatic heterocycles. The van der Waals surface area contributed by atoms with Crippen molar-refractivity contribution in [3.8, 4) is 0 Å². The van der Waals surface area contributed by atoms with Crippen LogP contribution in [0, 0.1) is 0 Å². The minimum atomic E-state index is -0.935. The molecular weight excluding hydrogens is 362 g/mol. The van der Waals surface area contributed by atoms with Crippen molar-refractivity contribution in [1.29, 1.82) is 0 Å². The predicted octanol–water partition coefficient (Wildman–Crippen LogP) is 3.36. The van der Waals surface area contributed by atoms with Crippen molar-refractivity contribution in [3.63, 3.8) is 0 Å². The Morgan fingerprint density at radius 3 is 1.64 bits per heavy atom. The highest BCUT2D eigenvalue weighted by atomic mass is 16.5. The maximum Gasteiger partial charge on any atom is 0.333 e. The van der Waals surface area contributed by atoms with Crippen LogP contribution in [0.5, 0.6) is 0 Å². The maximum absolute atomic E-state index is 11.7. The van der Waals surface area contributed by atoms with Gasteiger partial charge in [0.15, 0.2) is 0 Å². The number of rotatable bonds is 11. The van der Waals surface area contributed by atoms with Gasteiger partial charge in [-0.05, 0) is 47.7 Å². The number of hydrogen-bond donors (Lipinski definition) is 1. The zero-order valence-corrected chi connectivity index (χ0v) is 18.0. The molecule has 0 aliphatic carbocycles. The molecule has 0 atom stereocenters. The second-order valence-electron chi connectivity index (χ2n) is 6.57. The summed E-state index contributed by atoms with van der Waals surface area (Å²) in [4.78, 5) is 35.0. The Kier molecular flexibility index (Phi) is 16.6. The fraction of sp³-hybridized carbons (Fsp3) is 0.571. The Bertz CT molecular complexity index is 563. The van der Waals surface area contributed by atoms with Gasteiger partial charge in [0, 0.05) is 23.3 Å². The van der Waals surface area contributed by atoms with Crippen LogP contribution in [0.2, 0.25) is 0 Å². The Balaban J connectivity index is 0. The van der Waals surface area contributed by atoms with Crippen LogP contribution in [0.3, 0.4) is 0 Å². The highest BCUT2D eigenvalue weighted by Crippen LogP contribution is 2.03. The van der Waals surface area contributed by atoms with E-state index in [1.165, 1.54) is 6.92 Å². The number of allylic oxidation sites excluding steroid dienone is 2. The summed E-state index contributed by atoms with van der Waals surface area (Å²) >= 11 is 0. The fourth-order valence-electron chi connectivity index (χ4n) is 1.47. The lowest BCUT2D eigenvalue weighted by atomic mass is 10.2. The summed E-state index contributed by atoms with van der Waals surface area (Å²) in [5, 5.41) is 7.89. The lowest BCUT2D eigenvalue weighted by Gasteiger charge is -2.09. The first-order chi connectivity index (χ1) is 13.0. The molecule has 0 aliphatic rings. The average molecular weight is 398 g/mol. The summed E-state index contributed by atoms with van der Waals surface area (Å²) in [5.74, 6) is -1.64. The van der Waals surface area contributed by atoms with E-state index in [1.54, 1.807) is 26.0 Å². The largest absolute Gasteiger partial charge is 0.478 e. The number of carboxylic acid groups (broad SMARTS) is 1. The molecule has 0 fully saturated rings. The van der Waals surface area contributed by atoms with Crippen LogP contribution >= 0.6 is 0 Å². The molecule has 160 valence electrons. The Morgan fingerprint density at radius 1 is 0.929 bits per heavy atom. The molecule has 0 aromatic carbocycles. The second-order valence-corrected chi connectivity index (χ2v) is 6.57. The monoisotopic (exact) mass is 397 g/mol. The molecule has 28 heavy (non-hydrogen) atoms. The lowest BCUT2D eigenvalue weighted by molar-refractivity contribution is -0.140. The second kappa shape index (κ2) is 16.7. The van der Waals surface area contributed by atoms with Crippen LogP contribution in [-0.4, -0.2) is 61.8 Å². The molecule has 7 nitrogen and oxygen atoms in total. The van der Waals surface area contributed by atoms with Crippen molar-refractivity contribution in [2.45, 2.75) is 47.0 Å². The maximum atomic E-state index is 11.7. The highest BCUT2D eigenvalue weighted by Gasteiger charge is 2.07. The number of carbonyl (C=O) groups is 3. The first kappa shape index (κ1) is 27.8. The number of carboxylic acids is 1. The summed E-state index contributed by atoms with van der Waals surface area (Å²) < 4.78 is 10.2. The van der Waals surface area contributed by atoms with Crippen molar-refractivity contribution in [2.75, 3.05) is 33.9 Å². The van der Waals surface area contributed by atoms with Crippen LogP contribution in [0.25, 0.3) is 0 Å². The summed E-state index contributed by atoms with van der Waals surface area (Å²) in [7, 11) is 3.94. The third-order valence-electron chi connectivity index (χ3n) is 3.31. The summed E-state index contributed by atoms with van der Waals surface area (Å²) in [6, 6.07) is 0. The zero-order valence-electron chi connectivity index (χ0n) is 18.0. The van der Waals surface area contributed by atoms with Crippen molar-refractivity contribution >= 4 is 17.9 Å². The van der Waals surface area contributed by atoms with Gasteiger partial charge in [0.1, 0.15) is 0 Å². The zero-order chi connectivity index (χ0) is 22.1. The minimum Gasteiger partial charge on any atom is -0.478 e. The molecular formula is C21H35NO6. The lowest BCUT2D eigenvalue weighted by Crippen LogP contribution is -2.16. The van der Waals surface area contributed by atoms with Gasteiger partial charge in [-0.3, -0.25) is 0 Å². The molecule has 0 radical (unpaired) electrons. The molecule has 0 rings (SSSR count). The van der Waals surface area contributed by atoms with E-state index in [0.29, 0.717) is 24.4 Å².